The van der Waals surface area contributed by atoms with Crippen LogP contribution in [0.4, 0.5) is 0 Å². The average molecular weight is 452 g/mol. The van der Waals surface area contributed by atoms with Crippen LogP contribution in [0.25, 0.3) is 34.3 Å². The van der Waals surface area contributed by atoms with Crippen molar-refractivity contribution in [1.82, 2.24) is 30.5 Å². The minimum absolute atomic E-state index is 0.317. The molecule has 0 radical (unpaired) electrons. The molecule has 8 nitrogen and oxygen atoms in total. The summed E-state index contributed by atoms with van der Waals surface area (Å²) in [5.41, 5.74) is 4.75. The molecule has 0 spiro atoms. The zero-order chi connectivity index (χ0) is 23.7. The van der Waals surface area contributed by atoms with Gasteiger partial charge in [0.1, 0.15) is 5.69 Å². The van der Waals surface area contributed by atoms with E-state index in [9.17, 15) is 5.26 Å². The first-order chi connectivity index (χ1) is 16.4. The second kappa shape index (κ2) is 8.76. The third-order valence-corrected chi connectivity index (χ3v) is 6.15. The largest absolute Gasteiger partial charge is 0.415 e. The Morgan fingerprint density at radius 1 is 1.09 bits per heavy atom. The summed E-state index contributed by atoms with van der Waals surface area (Å²) in [4.78, 5) is 13.6. The van der Waals surface area contributed by atoms with Gasteiger partial charge in [0.2, 0.25) is 5.89 Å². The number of aromatic nitrogens is 5. The predicted molar refractivity (Wildman–Crippen MR) is 127 cm³/mol. The number of nitrogens with one attached hydrogen (secondary N) is 1. The van der Waals surface area contributed by atoms with E-state index in [2.05, 4.69) is 43.7 Å². The van der Waals surface area contributed by atoms with E-state index in [1.54, 1.807) is 12.4 Å². The van der Waals surface area contributed by atoms with E-state index in [0.29, 0.717) is 40.6 Å². The van der Waals surface area contributed by atoms with Crippen LogP contribution in [-0.4, -0.2) is 31.7 Å². The number of rotatable bonds is 5. The number of nitriles is 1. The number of aryl methyl sites for hydroxylation is 1. The van der Waals surface area contributed by atoms with Gasteiger partial charge in [-0.1, -0.05) is 12.1 Å². The Morgan fingerprint density at radius 3 is 2.74 bits per heavy atom. The maximum atomic E-state index is 9.46. The molecule has 1 aliphatic heterocycles. The standard InChI is InChI=1S/C26H25N7O/c1-16-23(31-21(14-30-16)18-9-11-29-22(13-18)26(2,3)15-27)25-33-32-24(34-25)19-7-4-6-17(12-19)20-8-5-10-28-20/h4,6-7,9,11-14,20,28H,5,8,10H2,1-3H3. The molecule has 0 aliphatic carbocycles. The highest BCUT2D eigenvalue weighted by atomic mass is 16.4. The van der Waals surface area contributed by atoms with E-state index in [4.69, 9.17) is 9.40 Å². The van der Waals surface area contributed by atoms with Crippen molar-refractivity contribution in [3.8, 4) is 40.4 Å². The van der Waals surface area contributed by atoms with Gasteiger partial charge >= 0.3 is 0 Å². The van der Waals surface area contributed by atoms with E-state index < -0.39 is 5.41 Å². The monoisotopic (exact) mass is 451 g/mol. The molecule has 1 fully saturated rings. The molecule has 1 unspecified atom stereocenters. The Kier molecular flexibility index (Phi) is 5.64. The van der Waals surface area contributed by atoms with Crippen molar-refractivity contribution < 1.29 is 4.42 Å². The summed E-state index contributed by atoms with van der Waals surface area (Å²) in [5.74, 6) is 0.765. The second-order valence-electron chi connectivity index (χ2n) is 9.04. The highest BCUT2D eigenvalue weighted by Gasteiger charge is 2.23. The summed E-state index contributed by atoms with van der Waals surface area (Å²) in [6.45, 7) is 6.58. The number of nitrogens with zero attached hydrogens (tertiary/aromatic N) is 6. The Labute approximate surface area is 198 Å². The molecule has 3 aromatic heterocycles. The van der Waals surface area contributed by atoms with Crippen LogP contribution < -0.4 is 5.32 Å². The lowest BCUT2D eigenvalue weighted by atomic mass is 9.90. The number of pyridine rings is 1. The van der Waals surface area contributed by atoms with Crippen LogP contribution in [-0.2, 0) is 5.41 Å². The SMILES string of the molecule is Cc1ncc(-c2ccnc(C(C)(C)C#N)c2)nc1-c1nnc(-c2cccc(C3CCCN3)c2)o1. The summed E-state index contributed by atoms with van der Waals surface area (Å²) in [5, 5.41) is 21.5. The Hall–Kier alpha value is -3.96. The second-order valence-corrected chi connectivity index (χ2v) is 9.04. The molecule has 4 aromatic rings. The van der Waals surface area contributed by atoms with Gasteiger partial charge < -0.3 is 9.73 Å². The number of benzene rings is 1. The van der Waals surface area contributed by atoms with Crippen molar-refractivity contribution in [2.24, 2.45) is 0 Å². The third kappa shape index (κ3) is 4.18. The van der Waals surface area contributed by atoms with Crippen LogP contribution in [0.15, 0.2) is 53.2 Å². The van der Waals surface area contributed by atoms with Crippen molar-refractivity contribution in [2.75, 3.05) is 6.54 Å². The van der Waals surface area contributed by atoms with Gasteiger partial charge in [-0.25, -0.2) is 4.98 Å². The molecule has 8 heteroatoms. The van der Waals surface area contributed by atoms with Gasteiger partial charge in [-0.15, -0.1) is 10.2 Å². The summed E-state index contributed by atoms with van der Waals surface area (Å²) in [6, 6.07) is 14.6. The number of hydrogen-bond acceptors (Lipinski definition) is 8. The van der Waals surface area contributed by atoms with Crippen LogP contribution in [0.1, 0.15) is 49.7 Å². The molecule has 4 heterocycles. The Balaban J connectivity index is 1.48. The third-order valence-electron chi connectivity index (χ3n) is 6.15. The zero-order valence-electron chi connectivity index (χ0n) is 19.4. The van der Waals surface area contributed by atoms with Gasteiger partial charge in [0.25, 0.3) is 5.89 Å². The molecule has 170 valence electrons. The van der Waals surface area contributed by atoms with Crippen molar-refractivity contribution in [1.29, 1.82) is 5.26 Å². The van der Waals surface area contributed by atoms with E-state index in [-0.39, 0.29) is 0 Å². The van der Waals surface area contributed by atoms with Gasteiger partial charge in [0.05, 0.1) is 34.8 Å². The smallest absolute Gasteiger partial charge is 0.268 e. The molecule has 0 saturated carbocycles. The maximum Gasteiger partial charge on any atom is 0.268 e. The highest BCUT2D eigenvalue weighted by Crippen LogP contribution is 2.30. The van der Waals surface area contributed by atoms with E-state index in [1.165, 1.54) is 12.0 Å². The fraction of sp³-hybridized carbons (Fsp3) is 0.308. The summed E-state index contributed by atoms with van der Waals surface area (Å²) < 4.78 is 6.04. The van der Waals surface area contributed by atoms with Crippen LogP contribution in [0.5, 0.6) is 0 Å². The lowest BCUT2D eigenvalue weighted by molar-refractivity contribution is 0.580. The van der Waals surface area contributed by atoms with E-state index in [1.807, 2.05) is 45.0 Å². The minimum Gasteiger partial charge on any atom is -0.415 e. The zero-order valence-corrected chi connectivity index (χ0v) is 19.4. The average Bonchev–Trinajstić information content (AvgIpc) is 3.57. The molecule has 1 aromatic carbocycles. The fourth-order valence-electron chi connectivity index (χ4n) is 4.07. The maximum absolute atomic E-state index is 9.46. The predicted octanol–water partition coefficient (Wildman–Crippen LogP) is 4.79. The van der Waals surface area contributed by atoms with Crippen LogP contribution in [0.3, 0.4) is 0 Å². The highest BCUT2D eigenvalue weighted by molar-refractivity contribution is 5.64. The van der Waals surface area contributed by atoms with Gasteiger partial charge in [-0.2, -0.15) is 5.26 Å². The first kappa shape index (κ1) is 21.9. The molecule has 1 aliphatic rings. The molecule has 0 bridgehead atoms. The van der Waals surface area contributed by atoms with E-state index >= 15 is 0 Å². The molecule has 5 rings (SSSR count). The normalized spacial score (nSPS) is 15.9. The molecule has 34 heavy (non-hydrogen) atoms. The summed E-state index contributed by atoms with van der Waals surface area (Å²) >= 11 is 0. The molecule has 1 saturated heterocycles. The fourth-order valence-corrected chi connectivity index (χ4v) is 4.07. The van der Waals surface area contributed by atoms with Crippen molar-refractivity contribution >= 4 is 0 Å². The van der Waals surface area contributed by atoms with Gasteiger partial charge in [0, 0.05) is 23.4 Å². The lowest BCUT2D eigenvalue weighted by Crippen LogP contribution is -2.15. The van der Waals surface area contributed by atoms with Crippen LogP contribution >= 0.6 is 0 Å². The lowest BCUT2D eigenvalue weighted by Gasteiger charge is -2.15. The first-order valence-corrected chi connectivity index (χ1v) is 11.3. The minimum atomic E-state index is -0.707. The topological polar surface area (TPSA) is 113 Å². The Bertz CT molecular complexity index is 1380. The molecule has 1 atom stereocenters. The van der Waals surface area contributed by atoms with Gasteiger partial charge in [-0.3, -0.25) is 9.97 Å². The van der Waals surface area contributed by atoms with Crippen LogP contribution in [0.2, 0.25) is 0 Å². The quantitative estimate of drug-likeness (QED) is 0.461. The Morgan fingerprint density at radius 2 is 1.94 bits per heavy atom. The van der Waals surface area contributed by atoms with Crippen molar-refractivity contribution in [3.05, 3.63) is 65.7 Å². The van der Waals surface area contributed by atoms with Crippen molar-refractivity contribution in [3.63, 3.8) is 0 Å². The van der Waals surface area contributed by atoms with Gasteiger partial charge in [0.15, 0.2) is 0 Å². The van der Waals surface area contributed by atoms with Crippen LogP contribution in [0, 0.1) is 18.3 Å². The molecule has 1 N–H and O–H groups in total. The summed E-state index contributed by atoms with van der Waals surface area (Å²) in [6.07, 6.45) is 5.69. The molecule has 0 amide bonds. The summed E-state index contributed by atoms with van der Waals surface area (Å²) in [7, 11) is 0. The molecular formula is C26H25N7O. The van der Waals surface area contributed by atoms with E-state index in [0.717, 1.165) is 24.1 Å². The van der Waals surface area contributed by atoms with Gasteiger partial charge in [-0.05, 0) is 70.0 Å². The number of hydrogen-bond donors (Lipinski definition) is 1. The first-order valence-electron chi connectivity index (χ1n) is 11.3. The molecular weight excluding hydrogens is 426 g/mol. The van der Waals surface area contributed by atoms with Crippen molar-refractivity contribution in [2.45, 2.75) is 45.1 Å².